The van der Waals surface area contributed by atoms with Crippen LogP contribution in [-0.4, -0.2) is 68.0 Å². The van der Waals surface area contributed by atoms with Crippen LogP contribution in [-0.2, 0) is 4.57 Å². The Labute approximate surface area is 84.6 Å². The minimum atomic E-state index is -4.64. The Morgan fingerprint density at radius 2 is 1.11 bits per heavy atom. The van der Waals surface area contributed by atoms with E-state index >= 15 is 0 Å². The van der Waals surface area contributed by atoms with Gasteiger partial charge in [0.05, 0.1) is 0 Å². The van der Waals surface area contributed by atoms with Crippen LogP contribution in [0.25, 0.3) is 0 Å². The summed E-state index contributed by atoms with van der Waals surface area (Å²) in [6.07, 6.45) is 0. The number of hydrogen-bond donors (Lipinski definition) is 3. The second-order valence-corrected chi connectivity index (χ2v) is 1.54. The monoisotopic (exact) mass is 189 g/mol. The molecule has 0 aliphatic carbocycles. The molecule has 0 aliphatic heterocycles. The van der Waals surface area contributed by atoms with Crippen molar-refractivity contribution in [3.05, 3.63) is 0 Å². The van der Waals surface area contributed by atoms with E-state index in [0.717, 1.165) is 0 Å². The van der Waals surface area contributed by atoms with Crippen LogP contribution in [0.4, 0.5) is 4.70 Å². The number of halogens is 1. The molecule has 0 aromatic rings. The van der Waals surface area contributed by atoms with Gasteiger partial charge in [-0.1, -0.05) is 0 Å². The Morgan fingerprint density at radius 1 is 1.11 bits per heavy atom. The van der Waals surface area contributed by atoms with Crippen LogP contribution in [0, 0.1) is 0 Å². The van der Waals surface area contributed by atoms with Gasteiger partial charge in [0.25, 0.3) is 0 Å². The number of hydrogen-bond acceptors (Lipinski definition) is 1. The average molecular weight is 189 g/mol. The first kappa shape index (κ1) is 31.5. The molecule has 9 heavy (non-hydrogen) atoms. The van der Waals surface area contributed by atoms with Crippen molar-refractivity contribution in [3.63, 3.8) is 0 Å². The molecule has 0 fully saturated rings. The summed E-state index contributed by atoms with van der Waals surface area (Å²) in [6.45, 7) is 0. The zero-order valence-electron chi connectivity index (χ0n) is 3.11. The Morgan fingerprint density at radius 3 is 1.11 bits per heavy atom. The van der Waals surface area contributed by atoms with Crippen molar-refractivity contribution in [2.45, 2.75) is 0 Å². The van der Waals surface area contributed by atoms with Crippen molar-refractivity contribution in [2.24, 2.45) is 0 Å². The Bertz CT molecular complexity index is 63.1. The summed E-state index contributed by atoms with van der Waals surface area (Å²) in [5.74, 6) is 0. The van der Waals surface area contributed by atoms with Gasteiger partial charge in [-0.3, -0.25) is 4.70 Å². The van der Waals surface area contributed by atoms with Crippen molar-refractivity contribution in [3.8, 4) is 0 Å². The van der Waals surface area contributed by atoms with Crippen LogP contribution in [0.2, 0.25) is 0 Å². The van der Waals surface area contributed by atoms with Crippen molar-refractivity contribution in [1.29, 1.82) is 0 Å². The molecule has 0 aromatic carbocycles. The number of phosphoric acid groups is 1. The van der Waals surface area contributed by atoms with E-state index in [4.69, 9.17) is 19.2 Å². The SMILES string of the molecule is F.O.O=P(O)(O)O.[BeH2].[CaH2]. The van der Waals surface area contributed by atoms with Gasteiger partial charge in [-0.25, -0.2) is 4.57 Å². The maximum atomic E-state index is 8.88. The van der Waals surface area contributed by atoms with E-state index in [-0.39, 0.29) is 58.0 Å². The third kappa shape index (κ3) is 255. The quantitative estimate of drug-likeness (QED) is 0.272. The van der Waals surface area contributed by atoms with E-state index in [1.807, 2.05) is 0 Å². The molecule has 56 valence electrons. The summed E-state index contributed by atoms with van der Waals surface area (Å²) in [5, 5.41) is 0. The molecule has 5 N–H and O–H groups in total. The Hall–Kier alpha value is 1.43. The minimum absolute atomic E-state index is 0. The zero-order valence-corrected chi connectivity index (χ0v) is 4.00. The predicted molar refractivity (Wildman–Crippen MR) is 37.5 cm³/mol. The Kier molecular flexibility index (Phi) is 42.4. The van der Waals surface area contributed by atoms with Crippen molar-refractivity contribution < 1.29 is 29.4 Å². The molecule has 0 atom stereocenters. The molecule has 0 spiro atoms. The molecule has 0 rings (SSSR count). The van der Waals surface area contributed by atoms with Crippen LogP contribution in [0.3, 0.4) is 0 Å². The summed E-state index contributed by atoms with van der Waals surface area (Å²) in [7, 11) is -4.64. The van der Waals surface area contributed by atoms with Crippen LogP contribution < -0.4 is 0 Å². The molecule has 0 bridgehead atoms. The third-order valence-corrected chi connectivity index (χ3v) is 0. The fourth-order valence-corrected chi connectivity index (χ4v) is 0. The summed E-state index contributed by atoms with van der Waals surface area (Å²) >= 11 is 0. The van der Waals surface area contributed by atoms with E-state index in [1.165, 1.54) is 0 Å². The molecule has 9 heteroatoms. The molecule has 0 radical (unpaired) electrons. The topological polar surface area (TPSA) is 109 Å². The third-order valence-electron chi connectivity index (χ3n) is 0. The average Bonchev–Trinajstić information content (AvgIpc) is 0.722. The second kappa shape index (κ2) is 12.1. The number of rotatable bonds is 0. The summed E-state index contributed by atoms with van der Waals surface area (Å²) in [5.41, 5.74) is 0. The van der Waals surface area contributed by atoms with Gasteiger partial charge in [-0.2, -0.15) is 0 Å². The van der Waals surface area contributed by atoms with E-state index in [1.54, 1.807) is 0 Å². The maximum absolute atomic E-state index is 8.88. The normalized spacial score (nSPS) is 6.56. The fraction of sp³-hybridized carbons (Fsp3) is 0. The molecule has 0 aliphatic rings. The van der Waals surface area contributed by atoms with Gasteiger partial charge in [-0.15, -0.1) is 0 Å². The first-order chi connectivity index (χ1) is 2.00. The van der Waals surface area contributed by atoms with E-state index in [0.29, 0.717) is 0 Å². The van der Waals surface area contributed by atoms with Crippen LogP contribution in [0.5, 0.6) is 0 Å². The van der Waals surface area contributed by atoms with Gasteiger partial charge in [0.1, 0.15) is 0 Å². The van der Waals surface area contributed by atoms with E-state index in [2.05, 4.69) is 0 Å². The predicted octanol–water partition coefficient (Wildman–Crippen LogP) is -3.43. The fourth-order valence-electron chi connectivity index (χ4n) is 0. The van der Waals surface area contributed by atoms with Gasteiger partial charge in [0.15, 0.2) is 0 Å². The molecule has 0 heterocycles. The van der Waals surface area contributed by atoms with Gasteiger partial charge >= 0.3 is 55.7 Å². The molecule has 0 amide bonds. The van der Waals surface area contributed by atoms with Crippen LogP contribution >= 0.6 is 7.82 Å². The van der Waals surface area contributed by atoms with Crippen molar-refractivity contribution in [1.82, 2.24) is 0 Å². The molecule has 0 saturated heterocycles. The summed E-state index contributed by atoms with van der Waals surface area (Å²) in [6, 6.07) is 0. The standard InChI is InChI=1S/Be.Ca.FH.H3O4P.H2O.4H/c;;;1-5(2,3)4;;;;;/h;;1H;(H3,1,2,3,4);1H2;;;;. The molecule has 5 nitrogen and oxygen atoms in total. The molecular weight excluding hydrogens is 179 g/mol. The van der Waals surface area contributed by atoms with E-state index in [9.17, 15) is 0 Å². The van der Waals surface area contributed by atoms with Crippen LogP contribution in [0.15, 0.2) is 0 Å². The molecule has 0 saturated carbocycles. The summed E-state index contributed by atoms with van der Waals surface area (Å²) < 4.78 is 8.88. The van der Waals surface area contributed by atoms with E-state index < -0.39 is 7.82 Å². The molecular formula is H10BeCaFO5P. The van der Waals surface area contributed by atoms with Gasteiger partial charge in [0, 0.05) is 0 Å². The first-order valence-corrected chi connectivity index (χ1v) is 2.35. The first-order valence-electron chi connectivity index (χ1n) is 0.783. The van der Waals surface area contributed by atoms with Crippen molar-refractivity contribution in [2.75, 3.05) is 0 Å². The summed E-state index contributed by atoms with van der Waals surface area (Å²) in [4.78, 5) is 21.6. The van der Waals surface area contributed by atoms with Gasteiger partial charge in [0.2, 0.25) is 0 Å². The van der Waals surface area contributed by atoms with Crippen LogP contribution in [0.1, 0.15) is 0 Å². The van der Waals surface area contributed by atoms with Crippen molar-refractivity contribution >= 4 is 55.7 Å². The Balaban J connectivity index is -0.0000000133. The van der Waals surface area contributed by atoms with Gasteiger partial charge in [-0.05, 0) is 0 Å². The second-order valence-electron chi connectivity index (χ2n) is 0.513. The van der Waals surface area contributed by atoms with Gasteiger partial charge < -0.3 is 20.2 Å². The zero-order chi connectivity index (χ0) is 4.50. The molecule has 0 unspecified atom stereocenters. The molecule has 0 aromatic heterocycles.